The number of ether oxygens (including phenoxy) is 2. The predicted molar refractivity (Wildman–Crippen MR) is 158 cm³/mol. The van der Waals surface area contributed by atoms with Crippen LogP contribution >= 0.6 is 0 Å². The maximum absolute atomic E-state index is 12.9. The van der Waals surface area contributed by atoms with Gasteiger partial charge in [-0.1, -0.05) is 12.1 Å². The van der Waals surface area contributed by atoms with Crippen LogP contribution in [0.1, 0.15) is 18.9 Å². The second kappa shape index (κ2) is 11.8. The van der Waals surface area contributed by atoms with Crippen molar-refractivity contribution < 1.29 is 32.9 Å². The molecule has 1 fully saturated rings. The number of aliphatic hydroxyl groups is 1. The van der Waals surface area contributed by atoms with Crippen LogP contribution in [-0.4, -0.2) is 80.4 Å². The summed E-state index contributed by atoms with van der Waals surface area (Å²) in [7, 11) is 2.09. The van der Waals surface area contributed by atoms with E-state index in [1.807, 2.05) is 16.8 Å². The molecule has 2 aromatic carbocycles. The molecule has 1 aliphatic rings. The number of H-pyrrole nitrogens is 2. The highest BCUT2D eigenvalue weighted by Gasteiger charge is 2.32. The Balaban J connectivity index is 1.19. The molecular weight excluding hydrogens is 581 g/mol. The fourth-order valence-corrected chi connectivity index (χ4v) is 5.51. The minimum absolute atomic E-state index is 0.0855. The zero-order valence-electron chi connectivity index (χ0n) is 23.7. The zero-order valence-corrected chi connectivity index (χ0v) is 23.7. The number of rotatable bonds is 9. The summed E-state index contributed by atoms with van der Waals surface area (Å²) in [5.74, 6) is -0.232. The van der Waals surface area contributed by atoms with Gasteiger partial charge >= 0.3 is 6.36 Å². The van der Waals surface area contributed by atoms with E-state index in [4.69, 9.17) is 4.74 Å². The lowest BCUT2D eigenvalue weighted by molar-refractivity contribution is -0.275. The van der Waals surface area contributed by atoms with E-state index in [-0.39, 0.29) is 42.2 Å². The normalized spacial score (nSPS) is 15.6. The lowest BCUT2D eigenvalue weighted by Crippen LogP contribution is -2.31. The molecule has 1 aliphatic heterocycles. The van der Waals surface area contributed by atoms with E-state index < -0.39 is 23.8 Å². The average Bonchev–Trinajstić information content (AvgIpc) is 3.53. The first-order chi connectivity index (χ1) is 21.1. The van der Waals surface area contributed by atoms with Crippen LogP contribution in [0.15, 0.2) is 59.7 Å². The molecule has 1 atom stereocenters. The molecular formula is C30H31F3N6O5. The van der Waals surface area contributed by atoms with E-state index >= 15 is 0 Å². The van der Waals surface area contributed by atoms with Crippen LogP contribution in [0.3, 0.4) is 0 Å². The van der Waals surface area contributed by atoms with Crippen LogP contribution in [0, 0.1) is 0 Å². The summed E-state index contributed by atoms with van der Waals surface area (Å²) in [5.41, 5.74) is 1.38. The molecule has 44 heavy (non-hydrogen) atoms. The second-order valence-corrected chi connectivity index (χ2v) is 10.9. The van der Waals surface area contributed by atoms with Crippen molar-refractivity contribution in [3.63, 3.8) is 0 Å². The molecule has 3 aromatic heterocycles. The maximum Gasteiger partial charge on any atom is 0.573 e. The molecule has 14 heteroatoms. The number of para-hydroxylation sites is 2. The highest BCUT2D eigenvalue weighted by molar-refractivity contribution is 5.99. The number of likely N-dealkylation sites (tertiary alicyclic amines) is 1. The molecule has 0 bridgehead atoms. The van der Waals surface area contributed by atoms with Gasteiger partial charge in [-0.15, -0.1) is 13.2 Å². The Kier molecular flexibility index (Phi) is 7.86. The number of anilines is 1. The topological polar surface area (TPSA) is 141 Å². The van der Waals surface area contributed by atoms with Gasteiger partial charge in [0.15, 0.2) is 17.4 Å². The minimum Gasteiger partial charge on any atom is -0.494 e. The van der Waals surface area contributed by atoms with Crippen molar-refractivity contribution in [1.82, 2.24) is 24.4 Å². The van der Waals surface area contributed by atoms with Crippen molar-refractivity contribution in [3.05, 3.63) is 65.2 Å². The van der Waals surface area contributed by atoms with Gasteiger partial charge in [0.25, 0.3) is 5.56 Å². The molecule has 6 rings (SSSR count). The van der Waals surface area contributed by atoms with Crippen molar-refractivity contribution in [2.24, 2.45) is 0 Å². The Morgan fingerprint density at radius 1 is 1.16 bits per heavy atom. The van der Waals surface area contributed by atoms with Gasteiger partial charge < -0.3 is 44.4 Å². The number of fused-ring (bicyclic) bond motifs is 2. The van der Waals surface area contributed by atoms with E-state index in [0.717, 1.165) is 37.4 Å². The van der Waals surface area contributed by atoms with Gasteiger partial charge in [-0.25, -0.2) is 4.98 Å². The van der Waals surface area contributed by atoms with E-state index in [1.54, 1.807) is 12.1 Å². The average molecular weight is 613 g/mol. The third-order valence-corrected chi connectivity index (χ3v) is 7.73. The molecule has 0 saturated carbocycles. The third-order valence-electron chi connectivity index (χ3n) is 7.73. The number of pyridine rings is 1. The Labute approximate surface area is 248 Å². The van der Waals surface area contributed by atoms with Crippen molar-refractivity contribution in [2.75, 3.05) is 38.6 Å². The summed E-state index contributed by atoms with van der Waals surface area (Å²) in [6, 6.07) is 10.8. The molecule has 5 aromatic rings. The van der Waals surface area contributed by atoms with Crippen LogP contribution in [0.4, 0.5) is 18.9 Å². The lowest BCUT2D eigenvalue weighted by Gasteiger charge is -2.30. The Morgan fingerprint density at radius 2 is 1.91 bits per heavy atom. The number of imidazole rings is 1. The van der Waals surface area contributed by atoms with Crippen molar-refractivity contribution >= 4 is 27.5 Å². The van der Waals surface area contributed by atoms with Crippen LogP contribution in [0.5, 0.6) is 17.4 Å². The van der Waals surface area contributed by atoms with Crippen LogP contribution in [0.25, 0.3) is 33.2 Å². The third kappa shape index (κ3) is 6.17. The van der Waals surface area contributed by atoms with Gasteiger partial charge in [0, 0.05) is 35.8 Å². The SMILES string of the molecule is CN1CCC(n2cc3cc4[nH]c(-c5c(NC[C@@H](O)COc6ccccc6OC(F)(F)F)cc[nH]c5=O)nc4cc3c2O)CC1. The minimum atomic E-state index is -4.89. The molecule has 0 radical (unpaired) electrons. The van der Waals surface area contributed by atoms with Gasteiger partial charge in [0.2, 0.25) is 0 Å². The molecule has 11 nitrogen and oxygen atoms in total. The molecule has 0 aliphatic carbocycles. The molecule has 4 heterocycles. The first kappa shape index (κ1) is 29.4. The monoisotopic (exact) mass is 612 g/mol. The van der Waals surface area contributed by atoms with E-state index in [1.165, 1.54) is 24.4 Å². The first-order valence-corrected chi connectivity index (χ1v) is 14.1. The number of alkyl halides is 3. The molecule has 232 valence electrons. The van der Waals surface area contributed by atoms with Gasteiger partial charge in [-0.05, 0) is 63.3 Å². The second-order valence-electron chi connectivity index (χ2n) is 10.9. The van der Waals surface area contributed by atoms with Crippen molar-refractivity contribution in [1.29, 1.82) is 0 Å². The fraction of sp³-hybridized carbons (Fsp3) is 0.333. The fourth-order valence-electron chi connectivity index (χ4n) is 5.51. The highest BCUT2D eigenvalue weighted by atomic mass is 19.4. The quantitative estimate of drug-likeness (QED) is 0.163. The predicted octanol–water partition coefficient (Wildman–Crippen LogP) is 4.60. The summed E-state index contributed by atoms with van der Waals surface area (Å²) in [5, 5.41) is 26.0. The number of hydrogen-bond donors (Lipinski definition) is 5. The number of nitrogens with one attached hydrogen (secondary N) is 3. The summed E-state index contributed by atoms with van der Waals surface area (Å²) < 4.78 is 49.4. The summed E-state index contributed by atoms with van der Waals surface area (Å²) in [4.78, 5) is 25.6. The van der Waals surface area contributed by atoms with E-state index in [0.29, 0.717) is 22.1 Å². The number of nitrogens with zero attached hydrogens (tertiary/aromatic N) is 3. The van der Waals surface area contributed by atoms with Crippen LogP contribution in [-0.2, 0) is 0 Å². The van der Waals surface area contributed by atoms with Gasteiger partial charge in [0.05, 0.1) is 16.7 Å². The lowest BCUT2D eigenvalue weighted by atomic mass is 10.1. The summed E-state index contributed by atoms with van der Waals surface area (Å²) >= 11 is 0. The first-order valence-electron chi connectivity index (χ1n) is 14.1. The van der Waals surface area contributed by atoms with Gasteiger partial charge in [-0.2, -0.15) is 0 Å². The standard InChI is InChI=1S/C30H31F3N6O5/c1-38-10-7-18(8-11-38)39-15-17-12-22-23(13-20(17)29(39)42)37-27(36-22)26-21(6-9-34-28(26)41)35-14-19(40)16-43-24-4-2-3-5-25(24)44-30(31,32)33/h2-6,9,12-13,15,18-19,40,42H,7-8,10-11,14,16H2,1H3,(H,36,37)(H2,34,35,41)/t19-/m1/s1. The zero-order chi connectivity index (χ0) is 31.0. The largest absolute Gasteiger partial charge is 0.573 e. The van der Waals surface area contributed by atoms with E-state index in [9.17, 15) is 28.2 Å². The Hall–Kier alpha value is -4.69. The molecule has 5 N–H and O–H groups in total. The number of benzene rings is 2. The number of halogens is 3. The Bertz CT molecular complexity index is 1840. The van der Waals surface area contributed by atoms with Crippen molar-refractivity contribution in [2.45, 2.75) is 31.3 Å². The molecule has 0 unspecified atom stereocenters. The maximum atomic E-state index is 12.9. The van der Waals surface area contributed by atoms with Crippen molar-refractivity contribution in [3.8, 4) is 28.8 Å². The number of piperidine rings is 1. The smallest absolute Gasteiger partial charge is 0.494 e. The number of aliphatic hydroxyl groups excluding tert-OH is 1. The summed E-state index contributed by atoms with van der Waals surface area (Å²) in [6.45, 7) is 1.49. The molecule has 0 spiro atoms. The van der Waals surface area contributed by atoms with E-state index in [2.05, 4.69) is 37.0 Å². The summed E-state index contributed by atoms with van der Waals surface area (Å²) in [6.07, 6.45) is -0.770. The Morgan fingerprint density at radius 3 is 2.66 bits per heavy atom. The van der Waals surface area contributed by atoms with Crippen LogP contribution < -0.4 is 20.3 Å². The number of hydrogen-bond acceptors (Lipinski definition) is 8. The molecule has 1 saturated heterocycles. The number of aromatic amines is 2. The van der Waals surface area contributed by atoms with Gasteiger partial charge in [0.1, 0.15) is 24.1 Å². The number of aromatic hydroxyl groups is 1. The highest BCUT2D eigenvalue weighted by Crippen LogP contribution is 2.37. The number of aromatic nitrogens is 4. The van der Waals surface area contributed by atoms with Crippen LogP contribution in [0.2, 0.25) is 0 Å². The molecule has 0 amide bonds. The van der Waals surface area contributed by atoms with Gasteiger partial charge in [-0.3, -0.25) is 4.79 Å².